The van der Waals surface area contributed by atoms with Crippen LogP contribution in [0.1, 0.15) is 45.0 Å². The molecule has 1 aliphatic carbocycles. The second-order valence-corrected chi connectivity index (χ2v) is 13.2. The Bertz CT molecular complexity index is 1780. The number of nitrogens with zero attached hydrogens (tertiary/aromatic N) is 1. The van der Waals surface area contributed by atoms with Gasteiger partial charge in [-0.1, -0.05) is 53.5 Å². The molecule has 1 aliphatic heterocycles. The van der Waals surface area contributed by atoms with Gasteiger partial charge in [0, 0.05) is 36.9 Å². The van der Waals surface area contributed by atoms with E-state index in [2.05, 4.69) is 5.32 Å². The zero-order valence-corrected chi connectivity index (χ0v) is 24.6. The Morgan fingerprint density at radius 3 is 2.55 bits per heavy atom. The van der Waals surface area contributed by atoms with Gasteiger partial charge in [0.15, 0.2) is 9.84 Å². The van der Waals surface area contributed by atoms with Crippen molar-refractivity contribution in [2.45, 2.75) is 35.7 Å². The molecule has 2 atom stereocenters. The number of fused-ring (bicyclic) bond motifs is 1. The average molecular weight is 632 g/mol. The molecule has 0 saturated heterocycles. The summed E-state index contributed by atoms with van der Waals surface area (Å²) in [4.78, 5) is 40.1. The Balaban J connectivity index is 1.35. The number of hydrogen-bond acceptors (Lipinski definition) is 5. The molecule has 1 saturated carbocycles. The lowest BCUT2D eigenvalue weighted by Gasteiger charge is -2.29. The van der Waals surface area contributed by atoms with Gasteiger partial charge in [0.05, 0.1) is 20.5 Å². The van der Waals surface area contributed by atoms with E-state index in [0.717, 1.165) is 6.26 Å². The molecular weight excluding hydrogens is 606 g/mol. The number of benzene rings is 3. The number of nitrogens with one attached hydrogen (secondary N) is 1. The van der Waals surface area contributed by atoms with Gasteiger partial charge < -0.3 is 15.3 Å². The maximum absolute atomic E-state index is 13.9. The molecule has 1 fully saturated rings. The van der Waals surface area contributed by atoms with Crippen LogP contribution in [0.2, 0.25) is 10.0 Å². The highest BCUT2D eigenvalue weighted by atomic mass is 35.5. The van der Waals surface area contributed by atoms with Crippen LogP contribution < -0.4 is 5.32 Å². The van der Waals surface area contributed by atoms with Gasteiger partial charge in [-0.15, -0.1) is 0 Å². The summed E-state index contributed by atoms with van der Waals surface area (Å²) in [5, 5.41) is 12.7. The maximum atomic E-state index is 13.9. The van der Waals surface area contributed by atoms with E-state index in [1.807, 2.05) is 0 Å². The smallest absolute Gasteiger partial charge is 0.330 e. The molecule has 8 nitrogen and oxygen atoms in total. The SMILES string of the molecule is CS(=O)(=O)c1cccc([C@@H]2CC2(NC(=O)c2c(Cl)cc3c(c2Cl)CCN(C(=O)/C=C/c2ccccc2F)C3)C(=O)O)c1. The average Bonchev–Trinajstić information content (AvgIpc) is 3.67. The van der Waals surface area contributed by atoms with E-state index in [1.165, 1.54) is 42.5 Å². The minimum absolute atomic E-state index is 0.00994. The van der Waals surface area contributed by atoms with Crippen molar-refractivity contribution in [3.05, 3.63) is 104 Å². The third-order valence-electron chi connectivity index (χ3n) is 7.62. The van der Waals surface area contributed by atoms with E-state index in [-0.39, 0.29) is 51.5 Å². The standard InChI is InChI=1S/C30H25Cl2FN2O6S/c1-42(40,41)20-7-4-6-18(13-20)22-15-30(22,29(38)39)34-28(37)26-23(31)14-19-16-35(12-11-21(19)27(26)32)25(36)10-9-17-5-2-3-8-24(17)33/h2-10,13-14,22H,11-12,15-16H2,1H3,(H,34,37)(H,38,39)/b10-9+/t22-,30?/m0/s1. The first-order valence-corrected chi connectivity index (χ1v) is 15.5. The van der Waals surface area contributed by atoms with Crippen LogP contribution in [0.3, 0.4) is 0 Å². The van der Waals surface area contributed by atoms with Crippen molar-refractivity contribution in [2.75, 3.05) is 12.8 Å². The lowest BCUT2D eigenvalue weighted by Crippen LogP contribution is -2.45. The lowest BCUT2D eigenvalue weighted by atomic mass is 9.96. The van der Waals surface area contributed by atoms with Crippen LogP contribution in [0.5, 0.6) is 0 Å². The van der Waals surface area contributed by atoms with Crippen molar-refractivity contribution in [1.82, 2.24) is 10.2 Å². The van der Waals surface area contributed by atoms with Crippen molar-refractivity contribution in [3.63, 3.8) is 0 Å². The normalized spacial score (nSPS) is 19.8. The summed E-state index contributed by atoms with van der Waals surface area (Å²) in [6.07, 6.45) is 4.12. The molecule has 12 heteroatoms. The quantitative estimate of drug-likeness (QED) is 0.359. The summed E-state index contributed by atoms with van der Waals surface area (Å²) < 4.78 is 37.9. The summed E-state index contributed by atoms with van der Waals surface area (Å²) >= 11 is 13.1. The van der Waals surface area contributed by atoms with E-state index in [0.29, 0.717) is 23.1 Å². The molecule has 3 aromatic carbocycles. The number of carboxylic acid groups (broad SMARTS) is 1. The molecule has 3 aromatic rings. The number of carbonyl (C=O) groups is 3. The van der Waals surface area contributed by atoms with E-state index in [9.17, 15) is 32.3 Å². The highest BCUT2D eigenvalue weighted by Crippen LogP contribution is 2.52. The van der Waals surface area contributed by atoms with E-state index in [4.69, 9.17) is 23.2 Å². The van der Waals surface area contributed by atoms with E-state index in [1.54, 1.807) is 29.2 Å². The van der Waals surface area contributed by atoms with Gasteiger partial charge in [0.1, 0.15) is 11.4 Å². The highest BCUT2D eigenvalue weighted by Gasteiger charge is 2.62. The number of carbonyl (C=O) groups excluding carboxylic acids is 2. The Kier molecular flexibility index (Phi) is 7.91. The highest BCUT2D eigenvalue weighted by molar-refractivity contribution is 7.90. The predicted molar refractivity (Wildman–Crippen MR) is 156 cm³/mol. The molecule has 2 amide bonds. The van der Waals surface area contributed by atoms with Crippen LogP contribution in [0.4, 0.5) is 4.39 Å². The molecule has 2 aliphatic rings. The molecule has 1 heterocycles. The maximum Gasteiger partial charge on any atom is 0.330 e. The number of carboxylic acids is 1. The first kappa shape index (κ1) is 29.8. The topological polar surface area (TPSA) is 121 Å². The van der Waals surface area contributed by atoms with Crippen LogP contribution in [-0.2, 0) is 32.4 Å². The van der Waals surface area contributed by atoms with Gasteiger partial charge in [0.25, 0.3) is 5.91 Å². The number of rotatable bonds is 7. The monoisotopic (exact) mass is 630 g/mol. The van der Waals surface area contributed by atoms with Crippen LogP contribution in [0, 0.1) is 5.82 Å². The fraction of sp³-hybridized carbons (Fsp3) is 0.233. The summed E-state index contributed by atoms with van der Waals surface area (Å²) in [5.41, 5.74) is 0.264. The van der Waals surface area contributed by atoms with Crippen LogP contribution in [0.15, 0.2) is 65.6 Å². The second kappa shape index (κ2) is 11.2. The molecule has 5 rings (SSSR count). The molecule has 42 heavy (non-hydrogen) atoms. The summed E-state index contributed by atoms with van der Waals surface area (Å²) in [5.74, 6) is -3.48. The van der Waals surface area contributed by atoms with Crippen molar-refractivity contribution in [1.29, 1.82) is 0 Å². The van der Waals surface area contributed by atoms with Crippen molar-refractivity contribution >= 4 is 56.9 Å². The fourth-order valence-corrected chi connectivity index (χ4v) is 6.68. The van der Waals surface area contributed by atoms with Gasteiger partial charge in [-0.25, -0.2) is 17.6 Å². The summed E-state index contributed by atoms with van der Waals surface area (Å²) in [6, 6.07) is 13.6. The molecule has 218 valence electrons. The number of hydrogen-bond donors (Lipinski definition) is 2. The third-order valence-corrected chi connectivity index (χ3v) is 9.45. The van der Waals surface area contributed by atoms with Gasteiger partial charge in [-0.3, -0.25) is 9.59 Å². The van der Waals surface area contributed by atoms with Crippen LogP contribution in [0.25, 0.3) is 6.08 Å². The molecule has 0 radical (unpaired) electrons. The minimum atomic E-state index is -3.51. The first-order chi connectivity index (χ1) is 19.8. The number of halogens is 3. The minimum Gasteiger partial charge on any atom is -0.479 e. The molecular formula is C30H25Cl2FN2O6S. The second-order valence-electron chi connectivity index (χ2n) is 10.4. The Morgan fingerprint density at radius 1 is 1.12 bits per heavy atom. The number of aliphatic carboxylic acids is 1. The zero-order valence-electron chi connectivity index (χ0n) is 22.2. The largest absolute Gasteiger partial charge is 0.479 e. The molecule has 2 N–H and O–H groups in total. The Labute approximate surface area is 251 Å². The van der Waals surface area contributed by atoms with Crippen molar-refractivity contribution < 1.29 is 32.3 Å². The lowest BCUT2D eigenvalue weighted by molar-refractivity contribution is -0.140. The molecule has 0 aromatic heterocycles. The molecule has 0 spiro atoms. The number of sulfone groups is 1. The van der Waals surface area contributed by atoms with Gasteiger partial charge in [-0.2, -0.15) is 0 Å². The Morgan fingerprint density at radius 2 is 1.86 bits per heavy atom. The van der Waals surface area contributed by atoms with E-state index < -0.39 is 39.0 Å². The Hall–Kier alpha value is -3.73. The number of amides is 2. The predicted octanol–water partition coefficient (Wildman–Crippen LogP) is 4.87. The van der Waals surface area contributed by atoms with Gasteiger partial charge in [-0.05, 0) is 59.9 Å². The van der Waals surface area contributed by atoms with Crippen LogP contribution in [-0.4, -0.2) is 54.5 Å². The zero-order chi connectivity index (χ0) is 30.4. The fourth-order valence-electron chi connectivity index (χ4n) is 5.25. The first-order valence-electron chi connectivity index (χ1n) is 12.9. The van der Waals surface area contributed by atoms with Gasteiger partial charge >= 0.3 is 5.97 Å². The summed E-state index contributed by atoms with van der Waals surface area (Å²) in [6.45, 7) is 0.447. The van der Waals surface area contributed by atoms with Gasteiger partial charge in [0.2, 0.25) is 5.91 Å². The van der Waals surface area contributed by atoms with E-state index >= 15 is 0 Å². The summed E-state index contributed by atoms with van der Waals surface area (Å²) in [7, 11) is -3.51. The molecule has 1 unspecified atom stereocenters. The van der Waals surface area contributed by atoms with Crippen molar-refractivity contribution in [3.8, 4) is 0 Å². The third kappa shape index (κ3) is 5.66. The van der Waals surface area contributed by atoms with Crippen molar-refractivity contribution in [2.24, 2.45) is 0 Å². The van der Waals surface area contributed by atoms with Crippen LogP contribution >= 0.6 is 23.2 Å². The molecule has 0 bridgehead atoms.